The molecule has 0 aliphatic rings. The number of hydrogen-bond donors (Lipinski definition) is 0. The Hall–Kier alpha value is 1.46. The molecule has 0 rings (SSSR count). The zero-order valence-corrected chi connectivity index (χ0v) is 14.3. The third-order valence-electron chi connectivity index (χ3n) is 1.92. The van der Waals surface area contributed by atoms with Crippen LogP contribution in [-0.2, 0) is 0 Å². The maximum absolute atomic E-state index is 2.36. The van der Waals surface area contributed by atoms with E-state index in [2.05, 4.69) is 39.5 Å². The first-order valence-corrected chi connectivity index (χ1v) is 11.3. The van der Waals surface area contributed by atoms with Crippen LogP contribution in [0.25, 0.3) is 0 Å². The predicted octanol–water partition coefficient (Wildman–Crippen LogP) is -2.60. The van der Waals surface area contributed by atoms with Crippen molar-refractivity contribution in [3.63, 3.8) is 0 Å². The average molecular weight is 412 g/mol. The van der Waals surface area contributed by atoms with Gasteiger partial charge in [0, 0.05) is 0 Å². The van der Waals surface area contributed by atoms with Crippen molar-refractivity contribution < 1.29 is 42.4 Å². The Labute approximate surface area is 106 Å². The second-order valence-electron chi connectivity index (χ2n) is 3.02. The fourth-order valence-corrected chi connectivity index (χ4v) is 3.53. The molecule has 0 aromatic carbocycles. The first-order valence-electron chi connectivity index (χ1n) is 5.17. The van der Waals surface area contributed by atoms with E-state index in [1.54, 1.807) is 0 Å². The van der Waals surface area contributed by atoms with Gasteiger partial charge in [0.05, 0.1) is 0 Å². The van der Waals surface area contributed by atoms with Gasteiger partial charge < -0.3 is 0 Å². The van der Waals surface area contributed by atoms with Gasteiger partial charge in [0.2, 0.25) is 0 Å². The molecule has 0 saturated heterocycles. The molecule has 0 bridgehead atoms. The zero-order valence-electron chi connectivity index (χ0n) is 10.0. The summed E-state index contributed by atoms with van der Waals surface area (Å²) in [7, 11) is 0. The molecule has 0 aromatic heterocycles. The number of halogens is 2. The average Bonchev–Trinajstić information content (AvgIpc) is 2.18. The molecule has 0 spiro atoms. The summed E-state index contributed by atoms with van der Waals surface area (Å²) >= 11 is 1.11. The van der Waals surface area contributed by atoms with Gasteiger partial charge in [-0.1, -0.05) is 0 Å². The Morgan fingerprint density at radius 2 is 1.38 bits per heavy atom. The van der Waals surface area contributed by atoms with Gasteiger partial charge in [-0.3, -0.25) is 0 Å². The van der Waals surface area contributed by atoms with Crippen LogP contribution in [-0.4, -0.2) is 17.2 Å². The van der Waals surface area contributed by atoms with E-state index in [0.717, 1.165) is 7.85 Å². The topological polar surface area (TPSA) is 0 Å². The van der Waals surface area contributed by atoms with Crippen LogP contribution in [0, 0.1) is 0 Å². The molecular formula is C11H26I2-2. The number of rotatable bonds is 5. The Bertz CT molecular complexity index is 80.2. The van der Waals surface area contributed by atoms with Crippen molar-refractivity contribution in [3.8, 4) is 0 Å². The summed E-state index contributed by atoms with van der Waals surface area (Å²) in [4.78, 5) is 2.34. The van der Waals surface area contributed by atoms with Crippen molar-refractivity contribution in [1.82, 2.24) is 0 Å². The van der Waals surface area contributed by atoms with Gasteiger partial charge in [0.25, 0.3) is 0 Å². The van der Waals surface area contributed by atoms with Gasteiger partial charge in [-0.15, -0.1) is 0 Å². The molecule has 0 aliphatic carbocycles. The van der Waals surface area contributed by atoms with Crippen molar-refractivity contribution in [3.05, 3.63) is 0 Å². The molecule has 13 heavy (non-hydrogen) atoms. The second kappa shape index (κ2) is 13.5. The minimum atomic E-state index is 0.545. The van der Waals surface area contributed by atoms with E-state index in [4.69, 9.17) is 0 Å². The predicted molar refractivity (Wildman–Crippen MR) is 56.0 cm³/mol. The molecule has 0 nitrogen and oxygen atoms in total. The summed E-state index contributed by atoms with van der Waals surface area (Å²) in [6.07, 6.45) is 2.77. The first kappa shape index (κ1) is 16.9. The monoisotopic (exact) mass is 412 g/mol. The molecule has 0 saturated carbocycles. The van der Waals surface area contributed by atoms with E-state index in [-0.39, 0.29) is 0 Å². The van der Waals surface area contributed by atoms with E-state index >= 15 is 0 Å². The van der Waals surface area contributed by atoms with Gasteiger partial charge in [-0.2, -0.15) is 0 Å². The van der Waals surface area contributed by atoms with Gasteiger partial charge in [0.1, 0.15) is 0 Å². The molecule has 0 amide bonds. The van der Waals surface area contributed by atoms with E-state index in [1.165, 1.54) is 17.3 Å². The molecule has 0 aromatic rings. The second-order valence-corrected chi connectivity index (χ2v) is 10.9. The molecule has 0 aliphatic heterocycles. The molecule has 0 N–H and O–H groups in total. The van der Waals surface area contributed by atoms with Crippen molar-refractivity contribution in [1.29, 1.82) is 0 Å². The van der Waals surface area contributed by atoms with Crippen LogP contribution in [0.5, 0.6) is 0 Å². The SMILES string of the molecule is CCC(C)[I-]C.CC[I-]C(C)CC. The van der Waals surface area contributed by atoms with Crippen molar-refractivity contribution in [2.45, 2.75) is 55.3 Å². The van der Waals surface area contributed by atoms with E-state index in [0.29, 0.717) is 42.4 Å². The molecule has 2 unspecified atom stereocenters. The normalized spacial score (nSPS) is 14.9. The molecule has 0 radical (unpaired) electrons. The van der Waals surface area contributed by atoms with Crippen molar-refractivity contribution in [2.75, 3.05) is 9.36 Å². The van der Waals surface area contributed by atoms with Gasteiger partial charge >= 0.3 is 107 Å². The van der Waals surface area contributed by atoms with Crippen LogP contribution in [0.3, 0.4) is 0 Å². The Morgan fingerprint density at radius 3 is 1.46 bits per heavy atom. The summed E-state index contributed by atoms with van der Waals surface area (Å²) in [6.45, 7) is 11.5. The first-order chi connectivity index (χ1) is 6.12. The Kier molecular flexibility index (Phi) is 17.5. The molecule has 0 fully saturated rings. The maximum atomic E-state index is 2.36. The van der Waals surface area contributed by atoms with Crippen LogP contribution < -0.4 is 42.4 Å². The quantitative estimate of drug-likeness (QED) is 0.344. The standard InChI is InChI=1S/C6H14I.C5H12I/c1-4-6(3)7-5-2;1-4-5(2)6-3/h6H,4-5H2,1-3H3;5H,4H2,1-3H3/q2*-1. The van der Waals surface area contributed by atoms with Crippen LogP contribution in [0.4, 0.5) is 0 Å². The third kappa shape index (κ3) is 16.2. The molecule has 0 heterocycles. The molecule has 2 heteroatoms. The van der Waals surface area contributed by atoms with E-state index in [9.17, 15) is 0 Å². The van der Waals surface area contributed by atoms with Crippen molar-refractivity contribution >= 4 is 0 Å². The van der Waals surface area contributed by atoms with Crippen LogP contribution in [0.2, 0.25) is 0 Å². The summed E-state index contributed by atoms with van der Waals surface area (Å²) in [5, 5.41) is 0. The van der Waals surface area contributed by atoms with Crippen LogP contribution in [0.1, 0.15) is 47.5 Å². The Balaban J connectivity index is 0. The fourth-order valence-electron chi connectivity index (χ4n) is 0.527. The summed E-state index contributed by atoms with van der Waals surface area (Å²) < 4.78 is 3.56. The summed E-state index contributed by atoms with van der Waals surface area (Å²) in [6, 6.07) is 0. The van der Waals surface area contributed by atoms with Gasteiger partial charge in [-0.05, 0) is 0 Å². The minimum absolute atomic E-state index is 0.545. The molecule has 2 atom stereocenters. The van der Waals surface area contributed by atoms with E-state index < -0.39 is 0 Å². The summed E-state index contributed by atoms with van der Waals surface area (Å²) in [5.41, 5.74) is 0. The molecule has 86 valence electrons. The van der Waals surface area contributed by atoms with E-state index in [1.807, 2.05) is 0 Å². The van der Waals surface area contributed by atoms with Crippen LogP contribution in [0.15, 0.2) is 0 Å². The van der Waals surface area contributed by atoms with Crippen LogP contribution >= 0.6 is 0 Å². The summed E-state index contributed by atoms with van der Waals surface area (Å²) in [5.74, 6) is 0. The van der Waals surface area contributed by atoms with Crippen molar-refractivity contribution in [2.24, 2.45) is 0 Å². The number of hydrogen-bond acceptors (Lipinski definition) is 0. The molecular weight excluding hydrogens is 386 g/mol. The Morgan fingerprint density at radius 1 is 0.923 bits per heavy atom. The third-order valence-corrected chi connectivity index (χ3v) is 8.19. The number of alkyl halides is 4. The zero-order chi connectivity index (χ0) is 10.7. The van der Waals surface area contributed by atoms with Gasteiger partial charge in [-0.25, -0.2) is 0 Å². The fraction of sp³-hybridized carbons (Fsp3) is 1.00. The van der Waals surface area contributed by atoms with Gasteiger partial charge in [0.15, 0.2) is 0 Å².